The smallest absolute Gasteiger partial charge is 0.328 e. The fourth-order valence-corrected chi connectivity index (χ4v) is 7.03. The summed E-state index contributed by atoms with van der Waals surface area (Å²) >= 11 is 19.3. The highest BCUT2D eigenvalue weighted by molar-refractivity contribution is 6.42. The zero-order chi connectivity index (χ0) is 34.2. The molecule has 9 nitrogen and oxygen atoms in total. The lowest BCUT2D eigenvalue weighted by molar-refractivity contribution is -0.131. The SMILES string of the molecule is C=CC(=O)N1CCC(c2onc(-c3c(Cl)cc(Cl)cc3Cl)c2C(=O)n2cc3c4c(cccc42)/C(=C/C(=O)O)CC3)CC1.CC(C)(C)N. The van der Waals surface area contributed by atoms with Crippen LogP contribution in [0.4, 0.5) is 0 Å². The second kappa shape index (κ2) is 13.7. The van der Waals surface area contributed by atoms with Crippen molar-refractivity contribution in [1.29, 1.82) is 0 Å². The van der Waals surface area contributed by atoms with Crippen molar-refractivity contribution in [3.8, 4) is 11.3 Å². The normalized spacial score (nSPS) is 15.8. The van der Waals surface area contributed by atoms with Gasteiger partial charge < -0.3 is 20.3 Å². The molecule has 0 atom stereocenters. The molecule has 0 unspecified atom stereocenters. The number of allylic oxidation sites excluding steroid dienone is 1. The lowest BCUT2D eigenvalue weighted by Gasteiger charge is -2.30. The summed E-state index contributed by atoms with van der Waals surface area (Å²) in [5, 5.41) is 15.3. The van der Waals surface area contributed by atoms with Gasteiger partial charge in [-0.3, -0.25) is 14.2 Å². The van der Waals surface area contributed by atoms with Crippen molar-refractivity contribution in [2.75, 3.05) is 13.1 Å². The van der Waals surface area contributed by atoms with Crippen LogP contribution in [-0.2, 0) is 16.0 Å². The van der Waals surface area contributed by atoms with Gasteiger partial charge in [-0.05, 0) is 87.4 Å². The van der Waals surface area contributed by atoms with Crippen LogP contribution in [0.1, 0.15) is 73.2 Å². The third-order valence-electron chi connectivity index (χ3n) is 7.96. The van der Waals surface area contributed by atoms with Crippen molar-refractivity contribution < 1.29 is 24.0 Å². The van der Waals surface area contributed by atoms with Crippen LogP contribution < -0.4 is 5.73 Å². The molecule has 3 heterocycles. The van der Waals surface area contributed by atoms with E-state index in [2.05, 4.69) is 11.7 Å². The highest BCUT2D eigenvalue weighted by Crippen LogP contribution is 2.43. The molecule has 1 saturated heterocycles. The topological polar surface area (TPSA) is 132 Å². The molecule has 0 spiro atoms. The number of piperidine rings is 1. The Bertz CT molecular complexity index is 1900. The molecule has 0 saturated carbocycles. The molecule has 246 valence electrons. The van der Waals surface area contributed by atoms with E-state index in [1.54, 1.807) is 21.7 Å². The van der Waals surface area contributed by atoms with Gasteiger partial charge in [-0.25, -0.2) is 4.79 Å². The Morgan fingerprint density at radius 1 is 1.09 bits per heavy atom. The number of carboxylic acid groups (broad SMARTS) is 1. The highest BCUT2D eigenvalue weighted by atomic mass is 35.5. The number of nitrogens with zero attached hydrogens (tertiary/aromatic N) is 3. The molecular weight excluding hydrogens is 663 g/mol. The molecule has 4 aromatic rings. The lowest BCUT2D eigenvalue weighted by Crippen LogP contribution is -2.37. The Kier molecular flexibility index (Phi) is 10.0. The number of carbonyl (C=O) groups excluding carboxylic acids is 2. The fourth-order valence-electron chi connectivity index (χ4n) is 6.04. The number of rotatable bonds is 5. The third kappa shape index (κ3) is 7.33. The first-order valence-corrected chi connectivity index (χ1v) is 16.3. The number of amides is 1. The van der Waals surface area contributed by atoms with E-state index in [4.69, 9.17) is 45.1 Å². The molecule has 2 aliphatic rings. The second-order valence-corrected chi connectivity index (χ2v) is 14.0. The van der Waals surface area contributed by atoms with Gasteiger partial charge in [0, 0.05) is 52.8 Å². The first kappa shape index (κ1) is 34.4. The maximum Gasteiger partial charge on any atom is 0.328 e. The lowest BCUT2D eigenvalue weighted by atomic mass is 9.88. The van der Waals surface area contributed by atoms with Gasteiger partial charge in [0.05, 0.1) is 15.6 Å². The molecule has 2 aromatic carbocycles. The Labute approximate surface area is 287 Å². The van der Waals surface area contributed by atoms with Crippen molar-refractivity contribution in [3.63, 3.8) is 0 Å². The van der Waals surface area contributed by atoms with Crippen LogP contribution in [0.3, 0.4) is 0 Å². The van der Waals surface area contributed by atoms with Gasteiger partial charge in [0.25, 0.3) is 5.91 Å². The fraction of sp³-hybridized carbons (Fsp3) is 0.314. The summed E-state index contributed by atoms with van der Waals surface area (Å²) in [6.45, 7) is 10.4. The Hall–Kier alpha value is -3.89. The van der Waals surface area contributed by atoms with Gasteiger partial charge in [0.15, 0.2) is 5.76 Å². The van der Waals surface area contributed by atoms with Gasteiger partial charge in [-0.15, -0.1) is 0 Å². The molecule has 1 aliphatic carbocycles. The van der Waals surface area contributed by atoms with Gasteiger partial charge in [-0.2, -0.15) is 0 Å². The Balaban J connectivity index is 0.000000807. The molecule has 3 N–H and O–H groups in total. The zero-order valence-corrected chi connectivity index (χ0v) is 28.5. The van der Waals surface area contributed by atoms with Crippen LogP contribution in [-0.4, -0.2) is 56.1 Å². The average molecular weight is 698 g/mol. The summed E-state index contributed by atoms with van der Waals surface area (Å²) in [6.07, 6.45) is 6.55. The molecule has 0 bridgehead atoms. The summed E-state index contributed by atoms with van der Waals surface area (Å²) in [6, 6.07) is 8.57. The van der Waals surface area contributed by atoms with Gasteiger partial charge >= 0.3 is 5.97 Å². The van der Waals surface area contributed by atoms with Crippen LogP contribution in [0.5, 0.6) is 0 Å². The number of likely N-dealkylation sites (tertiary alicyclic amines) is 1. The average Bonchev–Trinajstić information content (AvgIpc) is 3.60. The van der Waals surface area contributed by atoms with E-state index in [0.717, 1.165) is 16.5 Å². The predicted octanol–water partition coefficient (Wildman–Crippen LogP) is 7.99. The molecule has 0 radical (unpaired) electrons. The summed E-state index contributed by atoms with van der Waals surface area (Å²) < 4.78 is 7.47. The van der Waals surface area contributed by atoms with Gasteiger partial charge in [0.1, 0.15) is 11.3 Å². The van der Waals surface area contributed by atoms with Gasteiger partial charge in [-0.1, -0.05) is 58.7 Å². The highest BCUT2D eigenvalue weighted by Gasteiger charge is 2.35. The number of hydrogen-bond donors (Lipinski definition) is 2. The first-order chi connectivity index (χ1) is 22.2. The summed E-state index contributed by atoms with van der Waals surface area (Å²) in [5.41, 5.74) is 9.18. The maximum atomic E-state index is 14.6. The monoisotopic (exact) mass is 696 g/mol. The standard InChI is InChI=1S/C31H24Cl3N3O5.C4H11N/c1-2-24(38)36-10-8-16(9-11-36)30-28(29(35-42-30)27-21(33)13-19(32)14-22(27)34)31(41)37-15-18-7-6-17(12-25(39)40)20-4-3-5-23(37)26(18)20;1-4(2,3)5/h2-5,12-16H,1,6-11H2,(H,39,40);5H2,1-3H3/b17-12+;. The number of aryl methyl sites for hydroxylation is 1. The molecule has 47 heavy (non-hydrogen) atoms. The van der Waals surface area contributed by atoms with Crippen LogP contribution in [0.25, 0.3) is 27.7 Å². The minimum Gasteiger partial charge on any atom is -0.478 e. The van der Waals surface area contributed by atoms with Crippen molar-refractivity contribution in [3.05, 3.63) is 92.8 Å². The number of nitrogens with two attached hydrogens (primary N) is 1. The number of carbonyl (C=O) groups is 3. The number of aliphatic carboxylic acids is 1. The van der Waals surface area contributed by atoms with Gasteiger partial charge in [0.2, 0.25) is 5.91 Å². The van der Waals surface area contributed by atoms with Crippen molar-refractivity contribution in [2.24, 2.45) is 5.73 Å². The minimum absolute atomic E-state index is 0. The van der Waals surface area contributed by atoms with E-state index >= 15 is 0 Å². The zero-order valence-electron chi connectivity index (χ0n) is 26.3. The molecular formula is C35H35Cl3N4O5. The third-order valence-corrected chi connectivity index (χ3v) is 8.78. The molecule has 1 fully saturated rings. The van der Waals surface area contributed by atoms with E-state index in [9.17, 15) is 19.5 Å². The molecule has 12 heteroatoms. The largest absolute Gasteiger partial charge is 0.478 e. The van der Waals surface area contributed by atoms with E-state index in [0.29, 0.717) is 66.2 Å². The minimum atomic E-state index is -1.02. The first-order valence-electron chi connectivity index (χ1n) is 15.1. The van der Waals surface area contributed by atoms with Crippen molar-refractivity contribution >= 4 is 69.1 Å². The number of benzene rings is 2. The Morgan fingerprint density at radius 2 is 1.72 bits per heavy atom. The maximum absolute atomic E-state index is 14.6. The molecule has 1 amide bonds. The Morgan fingerprint density at radius 3 is 2.32 bits per heavy atom. The predicted molar refractivity (Wildman–Crippen MR) is 185 cm³/mol. The van der Waals surface area contributed by atoms with Crippen LogP contribution in [0, 0.1) is 0 Å². The molecule has 6 rings (SSSR count). The van der Waals surface area contributed by atoms with Crippen molar-refractivity contribution in [2.45, 2.75) is 57.9 Å². The van der Waals surface area contributed by atoms with E-state index in [1.165, 1.54) is 24.3 Å². The van der Waals surface area contributed by atoms with Crippen LogP contribution in [0.15, 0.2) is 59.8 Å². The van der Waals surface area contributed by atoms with Crippen LogP contribution >= 0.6 is 34.8 Å². The van der Waals surface area contributed by atoms with E-state index < -0.39 is 5.97 Å². The molecule has 1 aliphatic heterocycles. The summed E-state index contributed by atoms with van der Waals surface area (Å²) in [4.78, 5) is 39.9. The van der Waals surface area contributed by atoms with E-state index in [-0.39, 0.29) is 44.6 Å². The summed E-state index contributed by atoms with van der Waals surface area (Å²) in [7, 11) is 0. The van der Waals surface area contributed by atoms with Crippen LogP contribution in [0.2, 0.25) is 15.1 Å². The summed E-state index contributed by atoms with van der Waals surface area (Å²) in [5.74, 6) is -1.35. The number of aromatic nitrogens is 2. The quantitative estimate of drug-likeness (QED) is 0.202. The van der Waals surface area contributed by atoms with Crippen molar-refractivity contribution in [1.82, 2.24) is 14.6 Å². The molecule has 2 aromatic heterocycles. The second-order valence-electron chi connectivity index (χ2n) is 12.7. The number of carboxylic acids is 1. The number of hydrogen-bond acceptors (Lipinski definition) is 6. The van der Waals surface area contributed by atoms with E-state index in [1.807, 2.05) is 32.9 Å². The number of halogens is 3.